The second-order valence-electron chi connectivity index (χ2n) is 11.2. The molecule has 4 rings (SSSR count). The number of nitrogens with one attached hydrogen (secondary N) is 1. The quantitative estimate of drug-likeness (QED) is 0.110. The minimum atomic E-state index is -0.960. The first-order valence-corrected chi connectivity index (χ1v) is 14.2. The summed E-state index contributed by atoms with van der Waals surface area (Å²) in [5.74, 6) is -2.52. The molecule has 0 saturated carbocycles. The summed E-state index contributed by atoms with van der Waals surface area (Å²) < 4.78 is 25.1. The van der Waals surface area contributed by atoms with E-state index in [0.717, 1.165) is 11.7 Å². The predicted molar refractivity (Wildman–Crippen MR) is 169 cm³/mol. The summed E-state index contributed by atoms with van der Waals surface area (Å²) in [6.45, 7) is 7.06. The number of fused-ring (bicyclic) bond motifs is 2. The Morgan fingerprint density at radius 2 is 1.27 bits per heavy atom. The van der Waals surface area contributed by atoms with Crippen molar-refractivity contribution < 1.29 is 57.5 Å². The van der Waals surface area contributed by atoms with Gasteiger partial charge in [-0.2, -0.15) is 0 Å². The Balaban J connectivity index is 0.000000276. The van der Waals surface area contributed by atoms with Crippen molar-refractivity contribution in [1.82, 2.24) is 9.55 Å². The van der Waals surface area contributed by atoms with Gasteiger partial charge < -0.3 is 28.7 Å². The summed E-state index contributed by atoms with van der Waals surface area (Å²) in [6, 6.07) is 8.30. The number of benzene rings is 2. The number of ether oxygens (including phenoxy) is 5. The van der Waals surface area contributed by atoms with Crippen molar-refractivity contribution in [3.8, 4) is 0 Å². The number of carbonyl (C=O) groups excluding carboxylic acids is 5. The van der Waals surface area contributed by atoms with Crippen LogP contribution in [0, 0.1) is 20.2 Å². The third-order valence-corrected chi connectivity index (χ3v) is 6.36. The number of carbonyl (C=O) groups is 5. The highest BCUT2D eigenvalue weighted by molar-refractivity contribution is 6.04. The smallest absolute Gasteiger partial charge is 0.419 e. The van der Waals surface area contributed by atoms with Gasteiger partial charge in [-0.1, -0.05) is 0 Å². The molecule has 0 aliphatic carbocycles. The highest BCUT2D eigenvalue weighted by Gasteiger charge is 2.30. The molecular weight excluding hydrogens is 652 g/mol. The van der Waals surface area contributed by atoms with Crippen LogP contribution < -0.4 is 0 Å². The minimum absolute atomic E-state index is 0.0785. The van der Waals surface area contributed by atoms with E-state index in [1.807, 2.05) is 0 Å². The van der Waals surface area contributed by atoms with Crippen LogP contribution in [0.15, 0.2) is 36.4 Å². The highest BCUT2D eigenvalue weighted by atomic mass is 16.6. The zero-order chi connectivity index (χ0) is 36.8. The van der Waals surface area contributed by atoms with Gasteiger partial charge in [0.05, 0.1) is 24.1 Å². The van der Waals surface area contributed by atoms with Crippen LogP contribution in [-0.4, -0.2) is 69.2 Å². The monoisotopic (exact) mass is 684 g/mol. The highest BCUT2D eigenvalue weighted by Crippen LogP contribution is 2.32. The van der Waals surface area contributed by atoms with E-state index in [0.29, 0.717) is 16.5 Å². The molecule has 0 bridgehead atoms. The van der Waals surface area contributed by atoms with Crippen LogP contribution in [0.25, 0.3) is 21.8 Å². The second-order valence-corrected chi connectivity index (χ2v) is 11.2. The molecule has 2 aromatic heterocycles. The Morgan fingerprint density at radius 1 is 0.755 bits per heavy atom. The lowest BCUT2D eigenvalue weighted by Gasteiger charge is -2.20. The molecule has 260 valence electrons. The Labute approximate surface area is 277 Å². The number of nitro groups is 2. The number of rotatable bonds is 8. The Bertz CT molecular complexity index is 1980. The molecule has 18 heteroatoms. The maximum Gasteiger partial charge on any atom is 0.419 e. The van der Waals surface area contributed by atoms with Gasteiger partial charge in [0.15, 0.2) is 0 Å². The van der Waals surface area contributed by atoms with Crippen molar-refractivity contribution in [2.24, 2.45) is 0 Å². The molecule has 1 N–H and O–H groups in total. The van der Waals surface area contributed by atoms with E-state index < -0.39 is 51.1 Å². The summed E-state index contributed by atoms with van der Waals surface area (Å²) in [5, 5.41) is 23.4. The van der Waals surface area contributed by atoms with Gasteiger partial charge in [0.1, 0.15) is 41.2 Å². The lowest BCUT2D eigenvalue weighted by Crippen LogP contribution is -2.29. The summed E-state index contributed by atoms with van der Waals surface area (Å²) in [5.41, 5.74) is -0.777. The second kappa shape index (κ2) is 15.1. The normalized spacial score (nSPS) is 10.8. The van der Waals surface area contributed by atoms with E-state index in [4.69, 9.17) is 14.2 Å². The van der Waals surface area contributed by atoms with Crippen LogP contribution >= 0.6 is 0 Å². The van der Waals surface area contributed by atoms with Gasteiger partial charge >= 0.3 is 30.0 Å². The Kier molecular flexibility index (Phi) is 11.4. The molecule has 0 atom stereocenters. The van der Waals surface area contributed by atoms with Crippen LogP contribution in [-0.2, 0) is 46.5 Å². The first kappa shape index (κ1) is 37.1. The average Bonchev–Trinajstić information content (AvgIpc) is 3.62. The number of aromatic amines is 1. The number of aromatic nitrogens is 2. The standard InChI is InChI=1S/C18H20N2O8.C13H12N2O6/c1-10(21)27-9-11-6-12-8-14(16(22)26-5)19(17(23)28-18(2,3)4)15(12)13(7-11)20(24)25;1-7(16)21-6-8-3-9-5-10(13(17)20-2)14-12(9)11(4-8)15(18)19/h6-8H,9H2,1-5H3;3-5,14H,6H2,1-2H3. The zero-order valence-corrected chi connectivity index (χ0v) is 27.4. The fraction of sp³-hybridized carbons (Fsp3) is 0.323. The zero-order valence-electron chi connectivity index (χ0n) is 27.4. The van der Waals surface area contributed by atoms with E-state index in [1.165, 1.54) is 51.3 Å². The van der Waals surface area contributed by atoms with Gasteiger partial charge in [0, 0.05) is 36.8 Å². The predicted octanol–water partition coefficient (Wildman–Crippen LogP) is 5.11. The largest absolute Gasteiger partial charge is 0.464 e. The van der Waals surface area contributed by atoms with Gasteiger partial charge in [0.2, 0.25) is 0 Å². The van der Waals surface area contributed by atoms with Gasteiger partial charge in [-0.05, 0) is 56.2 Å². The lowest BCUT2D eigenvalue weighted by molar-refractivity contribution is -0.383. The summed E-state index contributed by atoms with van der Waals surface area (Å²) >= 11 is 0. The molecule has 4 aromatic rings. The first-order chi connectivity index (χ1) is 22.9. The third-order valence-electron chi connectivity index (χ3n) is 6.36. The van der Waals surface area contributed by atoms with Crippen LogP contribution in [0.5, 0.6) is 0 Å². The fourth-order valence-electron chi connectivity index (χ4n) is 4.46. The molecule has 2 aromatic carbocycles. The number of nitro benzene ring substituents is 2. The van der Waals surface area contributed by atoms with Crippen molar-refractivity contribution in [3.05, 3.63) is 79.1 Å². The summed E-state index contributed by atoms with van der Waals surface area (Å²) in [4.78, 5) is 82.3. The van der Waals surface area contributed by atoms with E-state index in [1.54, 1.807) is 26.8 Å². The van der Waals surface area contributed by atoms with Crippen LogP contribution in [0.2, 0.25) is 0 Å². The summed E-state index contributed by atoms with van der Waals surface area (Å²) in [6.07, 6.45) is -0.960. The molecular formula is C31H32N4O14. The molecule has 0 fully saturated rings. The molecule has 49 heavy (non-hydrogen) atoms. The molecule has 0 unspecified atom stereocenters. The van der Waals surface area contributed by atoms with Gasteiger partial charge in [-0.3, -0.25) is 29.8 Å². The Morgan fingerprint density at radius 3 is 1.73 bits per heavy atom. The van der Waals surface area contributed by atoms with Crippen LogP contribution in [0.4, 0.5) is 16.2 Å². The van der Waals surface area contributed by atoms with Crippen molar-refractivity contribution in [1.29, 1.82) is 0 Å². The van der Waals surface area contributed by atoms with Crippen molar-refractivity contribution in [2.45, 2.75) is 53.4 Å². The topological polar surface area (TPSA) is 238 Å². The third kappa shape index (κ3) is 9.15. The molecule has 0 amide bonds. The molecule has 0 spiro atoms. The molecule has 18 nitrogen and oxygen atoms in total. The van der Waals surface area contributed by atoms with Crippen LogP contribution in [0.3, 0.4) is 0 Å². The fourth-order valence-corrected chi connectivity index (χ4v) is 4.46. The van der Waals surface area contributed by atoms with E-state index in [-0.39, 0.29) is 46.7 Å². The van der Waals surface area contributed by atoms with Crippen LogP contribution in [0.1, 0.15) is 66.7 Å². The van der Waals surface area contributed by atoms with Crippen molar-refractivity contribution >= 4 is 63.2 Å². The number of nitrogens with zero attached hydrogens (tertiary/aromatic N) is 3. The van der Waals surface area contributed by atoms with Gasteiger partial charge in [-0.25, -0.2) is 19.0 Å². The number of hydrogen-bond acceptors (Lipinski definition) is 14. The molecule has 2 heterocycles. The molecule has 0 aliphatic heterocycles. The number of esters is 4. The minimum Gasteiger partial charge on any atom is -0.464 e. The molecule has 0 aliphatic rings. The van der Waals surface area contributed by atoms with E-state index in [9.17, 15) is 44.2 Å². The van der Waals surface area contributed by atoms with Crippen molar-refractivity contribution in [3.63, 3.8) is 0 Å². The SMILES string of the molecule is COC(=O)c1cc2cc(COC(C)=O)cc([N+](=O)[O-])c2[nH]1.COC(=O)c1cc2cc(COC(C)=O)cc([N+](=O)[O-])c2n1C(=O)OC(C)(C)C. The van der Waals surface area contributed by atoms with E-state index >= 15 is 0 Å². The average molecular weight is 685 g/mol. The van der Waals surface area contributed by atoms with E-state index in [2.05, 4.69) is 14.5 Å². The maximum absolute atomic E-state index is 12.7. The number of methoxy groups -OCH3 is 2. The maximum atomic E-state index is 12.7. The number of H-pyrrole nitrogens is 1. The van der Waals surface area contributed by atoms with Crippen molar-refractivity contribution in [2.75, 3.05) is 14.2 Å². The first-order valence-electron chi connectivity index (χ1n) is 14.2. The number of non-ortho nitro benzene ring substituents is 2. The lowest BCUT2D eigenvalue weighted by atomic mass is 10.1. The molecule has 0 radical (unpaired) electrons. The number of hydrogen-bond donors (Lipinski definition) is 1. The summed E-state index contributed by atoms with van der Waals surface area (Å²) in [7, 11) is 2.34. The van der Waals surface area contributed by atoms with Gasteiger partial charge in [-0.15, -0.1) is 0 Å². The Hall–Kier alpha value is -6.33. The van der Waals surface area contributed by atoms with Gasteiger partial charge in [0.25, 0.3) is 11.4 Å². The molecule has 0 saturated heterocycles.